The molecule has 0 saturated heterocycles. The fourth-order valence-corrected chi connectivity index (χ4v) is 3.70. The number of rotatable bonds is 9. The van der Waals surface area contributed by atoms with Crippen LogP contribution in [0.4, 0.5) is 10.8 Å². The minimum absolute atomic E-state index is 0.109. The summed E-state index contributed by atoms with van der Waals surface area (Å²) in [5.41, 5.74) is 9.23. The van der Waals surface area contributed by atoms with Crippen LogP contribution in [0, 0.1) is 6.92 Å². The van der Waals surface area contributed by atoms with Crippen LogP contribution >= 0.6 is 11.3 Å². The number of nitrogens with two attached hydrogens (primary N) is 1. The lowest BCUT2D eigenvalue weighted by atomic mass is 10.1. The summed E-state index contributed by atoms with van der Waals surface area (Å²) in [5.74, 6) is -0.109. The van der Waals surface area contributed by atoms with E-state index >= 15 is 0 Å². The standard InChI is InChI=1S/C22H26N4O2S/c1-15-19(26-22(23)29-15)13-21(28)25-18-9-7-16(8-10-18)11-12-24-14-20(27)17-5-3-2-4-6-17/h2-10,20,24,27H,11-14H2,1H3,(H2,23,26)(H,25,28)/t20-/m0/s1. The van der Waals surface area contributed by atoms with E-state index in [0.29, 0.717) is 11.7 Å². The number of aryl methyl sites for hydroxylation is 1. The van der Waals surface area contributed by atoms with E-state index in [1.54, 1.807) is 0 Å². The molecular formula is C22H26N4O2S. The topological polar surface area (TPSA) is 100 Å². The van der Waals surface area contributed by atoms with Crippen molar-refractivity contribution >= 4 is 28.1 Å². The molecule has 0 saturated carbocycles. The lowest BCUT2D eigenvalue weighted by molar-refractivity contribution is -0.115. The fraction of sp³-hybridized carbons (Fsp3) is 0.273. The van der Waals surface area contributed by atoms with Gasteiger partial charge in [0.25, 0.3) is 0 Å². The van der Waals surface area contributed by atoms with Crippen LogP contribution in [0.25, 0.3) is 0 Å². The summed E-state index contributed by atoms with van der Waals surface area (Å²) in [5, 5.41) is 16.8. The van der Waals surface area contributed by atoms with E-state index in [1.165, 1.54) is 11.3 Å². The zero-order valence-electron chi connectivity index (χ0n) is 16.4. The third kappa shape index (κ3) is 6.39. The summed E-state index contributed by atoms with van der Waals surface area (Å²) in [6.45, 7) is 3.19. The number of aliphatic hydroxyl groups excluding tert-OH is 1. The van der Waals surface area contributed by atoms with E-state index in [0.717, 1.165) is 40.4 Å². The fourth-order valence-electron chi connectivity index (χ4n) is 2.99. The zero-order valence-corrected chi connectivity index (χ0v) is 17.2. The number of nitrogens with zero attached hydrogens (tertiary/aromatic N) is 1. The molecule has 0 unspecified atom stereocenters. The molecule has 0 radical (unpaired) electrons. The number of amides is 1. The Kier molecular flexibility index (Phi) is 7.35. The van der Waals surface area contributed by atoms with Gasteiger partial charge < -0.3 is 21.5 Å². The molecule has 29 heavy (non-hydrogen) atoms. The Morgan fingerprint density at radius 2 is 1.90 bits per heavy atom. The Balaban J connectivity index is 1.40. The monoisotopic (exact) mass is 410 g/mol. The normalized spacial score (nSPS) is 11.9. The smallest absolute Gasteiger partial charge is 0.230 e. The number of benzene rings is 2. The van der Waals surface area contributed by atoms with Gasteiger partial charge in [-0.3, -0.25) is 4.79 Å². The minimum Gasteiger partial charge on any atom is -0.387 e. The van der Waals surface area contributed by atoms with Gasteiger partial charge in [0.2, 0.25) is 5.91 Å². The van der Waals surface area contributed by atoms with Gasteiger partial charge in [-0.05, 0) is 43.1 Å². The Labute approximate surface area is 174 Å². The Morgan fingerprint density at radius 3 is 2.55 bits per heavy atom. The van der Waals surface area contributed by atoms with Gasteiger partial charge in [0, 0.05) is 17.1 Å². The number of carbonyl (C=O) groups is 1. The van der Waals surface area contributed by atoms with Gasteiger partial charge in [-0.25, -0.2) is 4.98 Å². The third-order valence-electron chi connectivity index (χ3n) is 4.59. The van der Waals surface area contributed by atoms with Gasteiger partial charge >= 0.3 is 0 Å². The lowest BCUT2D eigenvalue weighted by Crippen LogP contribution is -2.23. The molecule has 3 rings (SSSR count). The summed E-state index contributed by atoms with van der Waals surface area (Å²) in [4.78, 5) is 17.4. The summed E-state index contributed by atoms with van der Waals surface area (Å²) in [6, 6.07) is 17.4. The Morgan fingerprint density at radius 1 is 1.17 bits per heavy atom. The second-order valence-corrected chi connectivity index (χ2v) is 8.09. The van der Waals surface area contributed by atoms with Crippen LogP contribution in [0.1, 0.15) is 27.8 Å². The molecular weight excluding hydrogens is 384 g/mol. The largest absolute Gasteiger partial charge is 0.387 e. The zero-order chi connectivity index (χ0) is 20.6. The van der Waals surface area contributed by atoms with Crippen molar-refractivity contribution in [3.8, 4) is 0 Å². The average Bonchev–Trinajstić information content (AvgIpc) is 3.03. The van der Waals surface area contributed by atoms with Crippen molar-refractivity contribution in [1.29, 1.82) is 0 Å². The molecule has 0 bridgehead atoms. The van der Waals surface area contributed by atoms with E-state index in [4.69, 9.17) is 5.73 Å². The van der Waals surface area contributed by atoms with E-state index in [-0.39, 0.29) is 12.3 Å². The highest BCUT2D eigenvalue weighted by atomic mass is 32.1. The molecule has 0 aliphatic heterocycles. The quantitative estimate of drug-likeness (QED) is 0.406. The van der Waals surface area contributed by atoms with Crippen LogP contribution in [-0.4, -0.2) is 29.1 Å². The van der Waals surface area contributed by atoms with Crippen molar-refractivity contribution in [2.75, 3.05) is 24.1 Å². The van der Waals surface area contributed by atoms with Crippen molar-refractivity contribution in [1.82, 2.24) is 10.3 Å². The van der Waals surface area contributed by atoms with E-state index in [1.807, 2.05) is 61.5 Å². The highest BCUT2D eigenvalue weighted by molar-refractivity contribution is 7.15. The number of aromatic nitrogens is 1. The van der Waals surface area contributed by atoms with Crippen LogP contribution < -0.4 is 16.4 Å². The molecule has 3 aromatic rings. The van der Waals surface area contributed by atoms with Crippen LogP contribution in [0.3, 0.4) is 0 Å². The molecule has 1 aromatic heterocycles. The number of thiazole rings is 1. The van der Waals surface area contributed by atoms with Gasteiger partial charge in [-0.15, -0.1) is 11.3 Å². The lowest BCUT2D eigenvalue weighted by Gasteiger charge is -2.12. The molecule has 0 spiro atoms. The molecule has 0 fully saturated rings. The molecule has 0 aliphatic rings. The molecule has 0 aliphatic carbocycles. The molecule has 152 valence electrons. The van der Waals surface area contributed by atoms with Crippen molar-refractivity contribution in [3.63, 3.8) is 0 Å². The second kappa shape index (κ2) is 10.2. The van der Waals surface area contributed by atoms with Crippen LogP contribution in [0.15, 0.2) is 54.6 Å². The highest BCUT2D eigenvalue weighted by Gasteiger charge is 2.11. The SMILES string of the molecule is Cc1sc(N)nc1CC(=O)Nc1ccc(CCNC[C@H](O)c2ccccc2)cc1. The summed E-state index contributed by atoms with van der Waals surface area (Å²) >= 11 is 1.39. The average molecular weight is 411 g/mol. The van der Waals surface area contributed by atoms with E-state index < -0.39 is 6.10 Å². The van der Waals surface area contributed by atoms with Crippen LogP contribution in [-0.2, 0) is 17.6 Å². The van der Waals surface area contributed by atoms with Crippen molar-refractivity contribution in [2.45, 2.75) is 25.9 Å². The third-order valence-corrected chi connectivity index (χ3v) is 5.43. The van der Waals surface area contributed by atoms with Gasteiger partial charge in [0.15, 0.2) is 5.13 Å². The number of carbonyl (C=O) groups excluding carboxylic acids is 1. The van der Waals surface area contributed by atoms with Crippen LogP contribution in [0.2, 0.25) is 0 Å². The van der Waals surface area contributed by atoms with Crippen LogP contribution in [0.5, 0.6) is 0 Å². The van der Waals surface area contributed by atoms with Crippen molar-refractivity contribution in [3.05, 3.63) is 76.3 Å². The number of hydrogen-bond acceptors (Lipinski definition) is 6. The maximum Gasteiger partial charge on any atom is 0.230 e. The molecule has 7 heteroatoms. The highest BCUT2D eigenvalue weighted by Crippen LogP contribution is 2.20. The van der Waals surface area contributed by atoms with E-state index in [2.05, 4.69) is 15.6 Å². The van der Waals surface area contributed by atoms with Crippen molar-refractivity contribution in [2.24, 2.45) is 0 Å². The van der Waals surface area contributed by atoms with E-state index in [9.17, 15) is 9.90 Å². The molecule has 6 nitrogen and oxygen atoms in total. The number of aliphatic hydroxyl groups is 1. The summed E-state index contributed by atoms with van der Waals surface area (Å²) in [7, 11) is 0. The van der Waals surface area contributed by atoms with Crippen molar-refractivity contribution < 1.29 is 9.90 Å². The first-order valence-electron chi connectivity index (χ1n) is 9.55. The first kappa shape index (κ1) is 21.0. The first-order chi connectivity index (χ1) is 14.0. The number of anilines is 2. The molecule has 1 amide bonds. The Bertz CT molecular complexity index is 926. The molecule has 1 heterocycles. The maximum atomic E-state index is 12.2. The maximum absolute atomic E-state index is 12.2. The predicted octanol–water partition coefficient (Wildman–Crippen LogP) is 3.08. The first-order valence-corrected chi connectivity index (χ1v) is 10.4. The minimum atomic E-state index is -0.509. The number of hydrogen-bond donors (Lipinski definition) is 4. The number of nitrogens with one attached hydrogen (secondary N) is 2. The molecule has 2 aromatic carbocycles. The van der Waals surface area contributed by atoms with Gasteiger partial charge in [0.05, 0.1) is 18.2 Å². The number of nitrogen functional groups attached to an aromatic ring is 1. The summed E-state index contributed by atoms with van der Waals surface area (Å²) < 4.78 is 0. The predicted molar refractivity (Wildman–Crippen MR) is 118 cm³/mol. The molecule has 1 atom stereocenters. The van der Waals surface area contributed by atoms with Gasteiger partial charge in [-0.1, -0.05) is 42.5 Å². The Hall–Kier alpha value is -2.74. The molecule has 5 N–H and O–H groups in total. The van der Waals surface area contributed by atoms with Gasteiger partial charge in [0.1, 0.15) is 0 Å². The van der Waals surface area contributed by atoms with Gasteiger partial charge in [-0.2, -0.15) is 0 Å². The summed E-state index contributed by atoms with van der Waals surface area (Å²) in [6.07, 6.45) is 0.549. The second-order valence-electron chi connectivity index (χ2n) is 6.86.